The van der Waals surface area contributed by atoms with E-state index in [4.69, 9.17) is 4.98 Å². The summed E-state index contributed by atoms with van der Waals surface area (Å²) in [6.45, 7) is 5.64. The summed E-state index contributed by atoms with van der Waals surface area (Å²) in [6, 6.07) is 0.640. The minimum absolute atomic E-state index is 0.561. The predicted molar refractivity (Wildman–Crippen MR) is 88.5 cm³/mol. The Balaban J connectivity index is 1.82. The third-order valence-electron chi connectivity index (χ3n) is 4.70. The fourth-order valence-corrected chi connectivity index (χ4v) is 4.30. The van der Waals surface area contributed by atoms with E-state index in [1.54, 1.807) is 11.3 Å². The van der Waals surface area contributed by atoms with Gasteiger partial charge < -0.3 is 4.90 Å². The molecule has 0 aliphatic heterocycles. The van der Waals surface area contributed by atoms with Gasteiger partial charge in [-0.1, -0.05) is 38.0 Å². The molecule has 2 aliphatic rings. The number of hydrogen-bond acceptors (Lipinski definition) is 4. The quantitative estimate of drug-likeness (QED) is 0.689. The Morgan fingerprint density at radius 2 is 2.00 bits per heavy atom. The highest BCUT2D eigenvalue weighted by Crippen LogP contribution is 2.44. The molecule has 0 atom stereocenters. The maximum atomic E-state index is 11.3. The van der Waals surface area contributed by atoms with Crippen molar-refractivity contribution in [2.75, 3.05) is 11.4 Å². The zero-order chi connectivity index (χ0) is 14.8. The van der Waals surface area contributed by atoms with E-state index >= 15 is 0 Å². The van der Waals surface area contributed by atoms with Gasteiger partial charge in [-0.3, -0.25) is 4.79 Å². The summed E-state index contributed by atoms with van der Waals surface area (Å²) in [7, 11) is 0. The van der Waals surface area contributed by atoms with Crippen molar-refractivity contribution in [3.63, 3.8) is 0 Å². The monoisotopic (exact) mass is 306 g/mol. The van der Waals surface area contributed by atoms with Crippen LogP contribution in [-0.4, -0.2) is 23.9 Å². The van der Waals surface area contributed by atoms with Crippen molar-refractivity contribution in [1.82, 2.24) is 4.98 Å². The highest BCUT2D eigenvalue weighted by Gasteiger charge is 2.32. The van der Waals surface area contributed by atoms with E-state index < -0.39 is 0 Å². The van der Waals surface area contributed by atoms with Gasteiger partial charge in [0.1, 0.15) is 0 Å². The van der Waals surface area contributed by atoms with Gasteiger partial charge in [-0.25, -0.2) is 4.98 Å². The van der Waals surface area contributed by atoms with Gasteiger partial charge in [0.2, 0.25) is 0 Å². The van der Waals surface area contributed by atoms with E-state index in [2.05, 4.69) is 18.7 Å². The molecule has 0 spiro atoms. The van der Waals surface area contributed by atoms with Crippen LogP contribution in [0.1, 0.15) is 80.1 Å². The third kappa shape index (κ3) is 3.47. The van der Waals surface area contributed by atoms with Crippen LogP contribution >= 0.6 is 11.3 Å². The molecule has 2 aliphatic carbocycles. The number of carbonyl (C=O) groups excluding carboxylic acids is 1. The fourth-order valence-electron chi connectivity index (χ4n) is 3.24. The SMILES string of the molecule is CC(C)CCN(c1nc(C2CC2)c(C=O)s1)C1CCCC1. The topological polar surface area (TPSA) is 33.2 Å². The maximum absolute atomic E-state index is 11.3. The molecule has 1 aromatic rings. The van der Waals surface area contributed by atoms with Gasteiger partial charge >= 0.3 is 0 Å². The number of carbonyl (C=O) groups is 1. The summed E-state index contributed by atoms with van der Waals surface area (Å²) in [5, 5.41) is 1.10. The number of aromatic nitrogens is 1. The van der Waals surface area contributed by atoms with E-state index in [1.807, 2.05) is 0 Å². The lowest BCUT2D eigenvalue weighted by Gasteiger charge is -2.29. The summed E-state index contributed by atoms with van der Waals surface area (Å²) < 4.78 is 0. The van der Waals surface area contributed by atoms with Crippen LogP contribution in [0.5, 0.6) is 0 Å². The summed E-state index contributed by atoms with van der Waals surface area (Å²) in [5.74, 6) is 1.27. The summed E-state index contributed by atoms with van der Waals surface area (Å²) >= 11 is 1.62. The van der Waals surface area contributed by atoms with Crippen LogP contribution in [-0.2, 0) is 0 Å². The van der Waals surface area contributed by atoms with E-state index in [1.165, 1.54) is 44.9 Å². The van der Waals surface area contributed by atoms with Crippen LogP contribution in [0, 0.1) is 5.92 Å². The van der Waals surface area contributed by atoms with Crippen LogP contribution in [0.15, 0.2) is 0 Å². The lowest BCUT2D eigenvalue weighted by Crippen LogP contribution is -2.34. The first-order valence-corrected chi connectivity index (χ1v) is 9.23. The van der Waals surface area contributed by atoms with Gasteiger partial charge in [0.05, 0.1) is 10.6 Å². The van der Waals surface area contributed by atoms with Crippen LogP contribution in [0.3, 0.4) is 0 Å². The molecule has 0 bridgehead atoms. The fraction of sp³-hybridized carbons (Fsp3) is 0.765. The first-order chi connectivity index (χ1) is 10.2. The number of aldehydes is 1. The molecule has 0 saturated heterocycles. The summed E-state index contributed by atoms with van der Waals surface area (Å²) in [4.78, 5) is 19.6. The second kappa shape index (κ2) is 6.47. The predicted octanol–water partition coefficient (Wildman–Crippen LogP) is 4.63. The summed E-state index contributed by atoms with van der Waals surface area (Å²) in [6.07, 6.45) is 9.88. The van der Waals surface area contributed by atoms with E-state index in [9.17, 15) is 4.79 Å². The van der Waals surface area contributed by atoms with Gasteiger partial charge in [0.25, 0.3) is 0 Å². The number of anilines is 1. The third-order valence-corrected chi connectivity index (χ3v) is 5.73. The molecule has 21 heavy (non-hydrogen) atoms. The zero-order valence-electron chi connectivity index (χ0n) is 13.2. The molecule has 2 fully saturated rings. The molecule has 1 heterocycles. The van der Waals surface area contributed by atoms with E-state index in [0.29, 0.717) is 17.9 Å². The standard InChI is InChI=1S/C17H26N2OS/c1-12(2)9-10-19(14-5-3-4-6-14)17-18-16(13-7-8-13)15(11-20)21-17/h11-14H,3-10H2,1-2H3. The Morgan fingerprint density at radius 1 is 1.29 bits per heavy atom. The Hall–Kier alpha value is -0.900. The minimum Gasteiger partial charge on any atom is -0.345 e. The first kappa shape index (κ1) is 15.0. The van der Waals surface area contributed by atoms with Gasteiger partial charge in [-0.2, -0.15) is 0 Å². The van der Waals surface area contributed by atoms with E-state index in [0.717, 1.165) is 28.5 Å². The van der Waals surface area contributed by atoms with Crippen LogP contribution in [0.4, 0.5) is 5.13 Å². The van der Waals surface area contributed by atoms with Crippen LogP contribution in [0.25, 0.3) is 0 Å². The minimum atomic E-state index is 0.561. The molecule has 3 nitrogen and oxygen atoms in total. The van der Waals surface area contributed by atoms with Crippen molar-refractivity contribution in [2.45, 2.75) is 70.8 Å². The average molecular weight is 306 g/mol. The van der Waals surface area contributed by atoms with Crippen molar-refractivity contribution < 1.29 is 4.79 Å². The van der Waals surface area contributed by atoms with Crippen LogP contribution < -0.4 is 4.90 Å². The van der Waals surface area contributed by atoms with Gasteiger partial charge in [0, 0.05) is 18.5 Å². The molecule has 0 unspecified atom stereocenters. The molecule has 0 amide bonds. The highest BCUT2D eigenvalue weighted by molar-refractivity contribution is 7.17. The second-order valence-electron chi connectivity index (χ2n) is 6.95. The molecular weight excluding hydrogens is 280 g/mol. The zero-order valence-corrected chi connectivity index (χ0v) is 14.0. The Kier molecular flexibility index (Phi) is 4.63. The van der Waals surface area contributed by atoms with Gasteiger partial charge in [-0.15, -0.1) is 0 Å². The molecule has 4 heteroatoms. The van der Waals surface area contributed by atoms with Crippen molar-refractivity contribution >= 4 is 22.8 Å². The van der Waals surface area contributed by atoms with Crippen molar-refractivity contribution in [3.8, 4) is 0 Å². The van der Waals surface area contributed by atoms with Gasteiger partial charge in [-0.05, 0) is 38.0 Å². The average Bonchev–Trinajstić information content (AvgIpc) is 3.01. The van der Waals surface area contributed by atoms with Crippen molar-refractivity contribution in [2.24, 2.45) is 5.92 Å². The normalized spacial score (nSPS) is 19.4. The molecule has 0 aromatic carbocycles. The largest absolute Gasteiger partial charge is 0.345 e. The highest BCUT2D eigenvalue weighted by atomic mass is 32.1. The lowest BCUT2D eigenvalue weighted by atomic mass is 10.1. The van der Waals surface area contributed by atoms with Crippen molar-refractivity contribution in [1.29, 1.82) is 0 Å². The Labute approximate surface area is 131 Å². The van der Waals surface area contributed by atoms with Gasteiger partial charge in [0.15, 0.2) is 11.4 Å². The molecule has 3 rings (SSSR count). The molecule has 0 N–H and O–H groups in total. The number of rotatable bonds is 7. The number of hydrogen-bond donors (Lipinski definition) is 0. The lowest BCUT2D eigenvalue weighted by molar-refractivity contribution is 0.112. The smallest absolute Gasteiger partial charge is 0.186 e. The van der Waals surface area contributed by atoms with E-state index in [-0.39, 0.29) is 0 Å². The Bertz CT molecular complexity index is 487. The molecule has 0 radical (unpaired) electrons. The molecule has 1 aromatic heterocycles. The number of thiazole rings is 1. The first-order valence-electron chi connectivity index (χ1n) is 8.41. The Morgan fingerprint density at radius 3 is 2.57 bits per heavy atom. The molecule has 116 valence electrons. The summed E-state index contributed by atoms with van der Waals surface area (Å²) in [5.41, 5.74) is 1.08. The number of nitrogens with zero attached hydrogens (tertiary/aromatic N) is 2. The van der Waals surface area contributed by atoms with Crippen molar-refractivity contribution in [3.05, 3.63) is 10.6 Å². The maximum Gasteiger partial charge on any atom is 0.186 e. The van der Waals surface area contributed by atoms with Crippen LogP contribution in [0.2, 0.25) is 0 Å². The second-order valence-corrected chi connectivity index (χ2v) is 7.96. The molecular formula is C17H26N2OS. The molecule has 2 saturated carbocycles.